The number of rotatable bonds is 4. The number of amides is 1. The highest BCUT2D eigenvalue weighted by atomic mass is 127. The SMILES string of the molecule is COc1cc(OC)cc(C(=O)NC(=S)Nc2ccc(I)cc2C(F)(F)F)c1. The van der Waals surface area contributed by atoms with Crippen molar-refractivity contribution in [3.63, 3.8) is 0 Å². The number of hydrogen-bond acceptors (Lipinski definition) is 4. The standard InChI is InChI=1S/C17H14F3IN2O3S/c1-25-11-5-9(6-12(8-11)26-2)15(24)23-16(27)22-14-4-3-10(21)7-13(14)17(18,19)20/h3-8H,1-2H3,(H2,22,23,24,27). The Kier molecular flexibility index (Phi) is 6.87. The molecule has 0 spiro atoms. The molecule has 0 fully saturated rings. The van der Waals surface area contributed by atoms with E-state index >= 15 is 0 Å². The molecule has 1 amide bonds. The smallest absolute Gasteiger partial charge is 0.418 e. The second-order valence-electron chi connectivity index (χ2n) is 5.20. The van der Waals surface area contributed by atoms with Crippen LogP contribution in [-0.2, 0) is 6.18 Å². The molecule has 0 radical (unpaired) electrons. The highest BCUT2D eigenvalue weighted by molar-refractivity contribution is 14.1. The average Bonchev–Trinajstić information content (AvgIpc) is 2.61. The molecule has 2 N–H and O–H groups in total. The van der Waals surface area contributed by atoms with Crippen LogP contribution in [0.15, 0.2) is 36.4 Å². The summed E-state index contributed by atoms with van der Waals surface area (Å²) in [6.45, 7) is 0. The molecule has 0 saturated heterocycles. The Balaban J connectivity index is 2.18. The number of ether oxygens (including phenoxy) is 2. The molecule has 0 aliphatic rings. The lowest BCUT2D eigenvalue weighted by Gasteiger charge is -2.16. The van der Waals surface area contributed by atoms with E-state index in [1.165, 1.54) is 38.5 Å². The maximum absolute atomic E-state index is 13.2. The van der Waals surface area contributed by atoms with Crippen LogP contribution >= 0.6 is 34.8 Å². The molecule has 0 aliphatic carbocycles. The van der Waals surface area contributed by atoms with Gasteiger partial charge in [-0.25, -0.2) is 0 Å². The van der Waals surface area contributed by atoms with Crippen LogP contribution < -0.4 is 20.1 Å². The predicted octanol–water partition coefficient (Wildman–Crippen LogP) is 4.45. The van der Waals surface area contributed by atoms with Crippen molar-refractivity contribution in [3.05, 3.63) is 51.1 Å². The largest absolute Gasteiger partial charge is 0.497 e. The number of thiocarbonyl (C=S) groups is 1. The predicted molar refractivity (Wildman–Crippen MR) is 107 cm³/mol. The first-order valence-electron chi connectivity index (χ1n) is 7.36. The fourth-order valence-electron chi connectivity index (χ4n) is 2.13. The zero-order chi connectivity index (χ0) is 20.2. The molecule has 5 nitrogen and oxygen atoms in total. The van der Waals surface area contributed by atoms with Gasteiger partial charge in [0.25, 0.3) is 5.91 Å². The molecule has 2 rings (SSSR count). The minimum atomic E-state index is -4.57. The fraction of sp³-hybridized carbons (Fsp3) is 0.176. The third-order valence-corrected chi connectivity index (χ3v) is 4.25. The summed E-state index contributed by atoms with van der Waals surface area (Å²) in [7, 11) is 2.86. The normalized spacial score (nSPS) is 10.9. The lowest BCUT2D eigenvalue weighted by molar-refractivity contribution is -0.137. The van der Waals surface area contributed by atoms with Crippen molar-refractivity contribution < 1.29 is 27.4 Å². The number of benzene rings is 2. The summed E-state index contributed by atoms with van der Waals surface area (Å²) in [6.07, 6.45) is -4.57. The van der Waals surface area contributed by atoms with Crippen LogP contribution in [0.1, 0.15) is 15.9 Å². The number of hydrogen-bond donors (Lipinski definition) is 2. The van der Waals surface area contributed by atoms with Crippen LogP contribution in [0.2, 0.25) is 0 Å². The lowest BCUT2D eigenvalue weighted by atomic mass is 10.1. The Bertz CT molecular complexity index is 853. The van der Waals surface area contributed by atoms with Gasteiger partial charge in [-0.05, 0) is 65.1 Å². The van der Waals surface area contributed by atoms with E-state index < -0.39 is 17.6 Å². The second kappa shape index (κ2) is 8.74. The van der Waals surface area contributed by atoms with Gasteiger partial charge in [0.15, 0.2) is 5.11 Å². The van der Waals surface area contributed by atoms with E-state index in [0.717, 1.165) is 6.07 Å². The molecule has 2 aromatic rings. The zero-order valence-corrected chi connectivity index (χ0v) is 17.1. The molecule has 0 aliphatic heterocycles. The molecule has 0 unspecified atom stereocenters. The van der Waals surface area contributed by atoms with Gasteiger partial charge in [0.05, 0.1) is 25.5 Å². The molecule has 27 heavy (non-hydrogen) atoms. The summed E-state index contributed by atoms with van der Waals surface area (Å²) >= 11 is 6.76. The maximum Gasteiger partial charge on any atom is 0.418 e. The van der Waals surface area contributed by atoms with Crippen molar-refractivity contribution in [1.82, 2.24) is 5.32 Å². The topological polar surface area (TPSA) is 59.6 Å². The van der Waals surface area contributed by atoms with E-state index in [1.807, 2.05) is 0 Å². The molecule has 0 aromatic heterocycles. The van der Waals surface area contributed by atoms with Crippen LogP contribution in [0.25, 0.3) is 0 Å². The monoisotopic (exact) mass is 510 g/mol. The van der Waals surface area contributed by atoms with Gasteiger partial charge in [-0.2, -0.15) is 13.2 Å². The van der Waals surface area contributed by atoms with Gasteiger partial charge >= 0.3 is 6.18 Å². The Morgan fingerprint density at radius 3 is 2.19 bits per heavy atom. The first kappa shape index (κ1) is 21.2. The van der Waals surface area contributed by atoms with Crippen LogP contribution in [0, 0.1) is 3.57 Å². The summed E-state index contributed by atoms with van der Waals surface area (Å²) < 4.78 is 50.1. The number of methoxy groups -OCH3 is 2. The first-order valence-corrected chi connectivity index (χ1v) is 8.85. The minimum Gasteiger partial charge on any atom is -0.497 e. The molecule has 2 aromatic carbocycles. The number of alkyl halides is 3. The number of carbonyl (C=O) groups excluding carboxylic acids is 1. The van der Waals surface area contributed by atoms with Crippen LogP contribution in [0.3, 0.4) is 0 Å². The number of nitrogens with one attached hydrogen (secondary N) is 2. The van der Waals surface area contributed by atoms with Crippen molar-refractivity contribution in [2.24, 2.45) is 0 Å². The minimum absolute atomic E-state index is 0.175. The van der Waals surface area contributed by atoms with Crippen LogP contribution in [0.4, 0.5) is 18.9 Å². The van der Waals surface area contributed by atoms with Crippen LogP contribution in [-0.4, -0.2) is 25.2 Å². The van der Waals surface area contributed by atoms with Crippen molar-refractivity contribution in [2.75, 3.05) is 19.5 Å². The van der Waals surface area contributed by atoms with E-state index in [-0.39, 0.29) is 16.4 Å². The third kappa shape index (κ3) is 5.70. The Hall–Kier alpha value is -2.08. The number of anilines is 1. The van der Waals surface area contributed by atoms with Gasteiger partial charge in [0.2, 0.25) is 0 Å². The van der Waals surface area contributed by atoms with Gasteiger partial charge in [-0.1, -0.05) is 0 Å². The Morgan fingerprint density at radius 2 is 1.67 bits per heavy atom. The summed E-state index contributed by atoms with van der Waals surface area (Å²) in [5, 5.41) is 4.49. The van der Waals surface area contributed by atoms with Gasteiger partial charge in [0, 0.05) is 15.2 Å². The number of carbonyl (C=O) groups is 1. The van der Waals surface area contributed by atoms with E-state index in [0.29, 0.717) is 15.1 Å². The van der Waals surface area contributed by atoms with Crippen molar-refractivity contribution in [1.29, 1.82) is 0 Å². The third-order valence-electron chi connectivity index (χ3n) is 3.38. The quantitative estimate of drug-likeness (QED) is 0.471. The Morgan fingerprint density at radius 1 is 1.07 bits per heavy atom. The summed E-state index contributed by atoms with van der Waals surface area (Å²) in [6, 6.07) is 8.21. The molecule has 0 saturated carbocycles. The molecule has 0 bridgehead atoms. The van der Waals surface area contributed by atoms with Crippen LogP contribution in [0.5, 0.6) is 11.5 Å². The Labute approximate surface area is 172 Å². The van der Waals surface area contributed by atoms with E-state index in [4.69, 9.17) is 21.7 Å². The molecular formula is C17H14F3IN2O3S. The lowest BCUT2D eigenvalue weighted by Crippen LogP contribution is -2.34. The first-order chi connectivity index (χ1) is 12.6. The van der Waals surface area contributed by atoms with Gasteiger partial charge in [-0.15, -0.1) is 0 Å². The van der Waals surface area contributed by atoms with E-state index in [1.54, 1.807) is 28.7 Å². The molecule has 0 heterocycles. The van der Waals surface area contributed by atoms with Crippen molar-refractivity contribution in [2.45, 2.75) is 6.18 Å². The van der Waals surface area contributed by atoms with Crippen molar-refractivity contribution in [3.8, 4) is 11.5 Å². The summed E-state index contributed by atoms with van der Waals surface area (Å²) in [5.74, 6) is 0.148. The van der Waals surface area contributed by atoms with Crippen molar-refractivity contribution >= 4 is 51.5 Å². The maximum atomic E-state index is 13.2. The zero-order valence-electron chi connectivity index (χ0n) is 14.1. The highest BCUT2D eigenvalue weighted by Gasteiger charge is 2.34. The fourth-order valence-corrected chi connectivity index (χ4v) is 2.82. The van der Waals surface area contributed by atoms with E-state index in [2.05, 4.69) is 10.6 Å². The van der Waals surface area contributed by atoms with E-state index in [9.17, 15) is 18.0 Å². The van der Waals surface area contributed by atoms with Gasteiger partial charge in [-0.3, -0.25) is 10.1 Å². The molecule has 0 atom stereocenters. The molecular weight excluding hydrogens is 496 g/mol. The average molecular weight is 510 g/mol. The highest BCUT2D eigenvalue weighted by Crippen LogP contribution is 2.35. The van der Waals surface area contributed by atoms with Gasteiger partial charge in [0.1, 0.15) is 11.5 Å². The molecule has 144 valence electrons. The van der Waals surface area contributed by atoms with Gasteiger partial charge < -0.3 is 14.8 Å². The summed E-state index contributed by atoms with van der Waals surface area (Å²) in [4.78, 5) is 12.3. The number of halogens is 4. The summed E-state index contributed by atoms with van der Waals surface area (Å²) in [5.41, 5.74) is -0.959. The second-order valence-corrected chi connectivity index (χ2v) is 6.85. The molecule has 10 heteroatoms.